The third-order valence-corrected chi connectivity index (χ3v) is 4.57. The lowest BCUT2D eigenvalue weighted by Gasteiger charge is -2.33. The number of aromatic amines is 1. The lowest BCUT2D eigenvalue weighted by atomic mass is 10.0. The first kappa shape index (κ1) is 19.0. The number of carbonyl (C=O) groups is 3. The van der Waals surface area contributed by atoms with Gasteiger partial charge in [0, 0.05) is 18.3 Å². The molecule has 7 nitrogen and oxygen atoms in total. The maximum Gasteiger partial charge on any atom is 0.355 e. The summed E-state index contributed by atoms with van der Waals surface area (Å²) in [5.41, 5.74) is 1.53. The van der Waals surface area contributed by atoms with Crippen LogP contribution in [0.2, 0.25) is 0 Å². The zero-order valence-corrected chi connectivity index (χ0v) is 15.3. The average molecular weight is 350 g/mol. The molecule has 1 aliphatic rings. The number of carbonyl (C=O) groups excluding carboxylic acids is 3. The molecule has 0 radical (unpaired) electrons. The van der Waals surface area contributed by atoms with Crippen LogP contribution in [0.5, 0.6) is 0 Å². The van der Waals surface area contributed by atoms with Crippen LogP contribution in [0.15, 0.2) is 0 Å². The monoisotopic (exact) mass is 350 g/mol. The smallest absolute Gasteiger partial charge is 0.355 e. The molecule has 1 aliphatic heterocycles. The molecule has 2 rings (SSSR count). The van der Waals surface area contributed by atoms with Crippen molar-refractivity contribution in [1.29, 1.82) is 0 Å². The number of nitrogens with one attached hydrogen (secondary N) is 1. The molecule has 0 aliphatic carbocycles. The van der Waals surface area contributed by atoms with Crippen LogP contribution in [0, 0.1) is 13.8 Å². The largest absolute Gasteiger partial charge is 0.462 e. The van der Waals surface area contributed by atoms with E-state index in [0.717, 1.165) is 19.3 Å². The molecule has 1 fully saturated rings. The second-order valence-corrected chi connectivity index (χ2v) is 6.35. The van der Waals surface area contributed by atoms with Crippen LogP contribution < -0.4 is 0 Å². The second kappa shape index (κ2) is 8.18. The molecule has 1 saturated heterocycles. The number of ether oxygens (including phenoxy) is 2. The van der Waals surface area contributed by atoms with Crippen molar-refractivity contribution in [2.24, 2.45) is 0 Å². The Hall–Kier alpha value is -2.31. The van der Waals surface area contributed by atoms with Crippen molar-refractivity contribution in [1.82, 2.24) is 9.88 Å². The van der Waals surface area contributed by atoms with E-state index in [1.807, 2.05) is 6.92 Å². The maximum absolute atomic E-state index is 12.3. The SMILES string of the molecule is CCOC(=O)c1c(C)[nH]c(C(=O)OCC(=O)N2CCCC[C@H]2C)c1C. The van der Waals surface area contributed by atoms with E-state index < -0.39 is 11.9 Å². The maximum atomic E-state index is 12.3. The molecule has 1 aromatic heterocycles. The summed E-state index contributed by atoms with van der Waals surface area (Å²) in [5, 5.41) is 0. The minimum absolute atomic E-state index is 0.171. The van der Waals surface area contributed by atoms with Gasteiger partial charge in [0.1, 0.15) is 5.69 Å². The van der Waals surface area contributed by atoms with Gasteiger partial charge in [-0.2, -0.15) is 0 Å². The Labute approximate surface area is 147 Å². The standard InChI is InChI=1S/C18H26N2O5/c1-5-24-17(22)15-12(3)16(19-13(15)4)18(23)25-10-14(21)20-9-7-6-8-11(20)2/h11,19H,5-10H2,1-4H3/t11-/m1/s1. The van der Waals surface area contributed by atoms with Gasteiger partial charge in [-0.25, -0.2) is 9.59 Å². The van der Waals surface area contributed by atoms with Gasteiger partial charge in [0.15, 0.2) is 6.61 Å². The highest BCUT2D eigenvalue weighted by Gasteiger charge is 2.26. The zero-order valence-electron chi connectivity index (χ0n) is 15.3. The van der Waals surface area contributed by atoms with Crippen LogP contribution in [0.4, 0.5) is 0 Å². The van der Waals surface area contributed by atoms with Crippen molar-refractivity contribution >= 4 is 17.8 Å². The molecule has 2 heterocycles. The Balaban J connectivity index is 2.02. The van der Waals surface area contributed by atoms with Gasteiger partial charge < -0.3 is 19.4 Å². The number of hydrogen-bond donors (Lipinski definition) is 1. The molecule has 138 valence electrons. The molecular formula is C18H26N2O5. The number of likely N-dealkylation sites (tertiary alicyclic amines) is 1. The fourth-order valence-electron chi connectivity index (χ4n) is 3.21. The molecular weight excluding hydrogens is 324 g/mol. The van der Waals surface area contributed by atoms with E-state index in [0.29, 0.717) is 23.4 Å². The van der Waals surface area contributed by atoms with Gasteiger partial charge in [-0.15, -0.1) is 0 Å². The number of amides is 1. The molecule has 1 aromatic rings. The van der Waals surface area contributed by atoms with Gasteiger partial charge in [-0.05, 0) is 52.5 Å². The van der Waals surface area contributed by atoms with Crippen molar-refractivity contribution in [3.8, 4) is 0 Å². The third-order valence-electron chi connectivity index (χ3n) is 4.57. The average Bonchev–Trinajstić information content (AvgIpc) is 2.87. The minimum atomic E-state index is -0.644. The Morgan fingerprint density at radius 2 is 1.88 bits per heavy atom. The number of esters is 2. The van der Waals surface area contributed by atoms with E-state index in [1.165, 1.54) is 0 Å². The summed E-state index contributed by atoms with van der Waals surface area (Å²) in [5.74, 6) is -1.31. The van der Waals surface area contributed by atoms with Crippen LogP contribution >= 0.6 is 0 Å². The number of H-pyrrole nitrogens is 1. The molecule has 1 amide bonds. The highest BCUT2D eigenvalue weighted by molar-refractivity contribution is 5.99. The second-order valence-electron chi connectivity index (χ2n) is 6.35. The van der Waals surface area contributed by atoms with E-state index in [9.17, 15) is 14.4 Å². The number of aryl methyl sites for hydroxylation is 1. The van der Waals surface area contributed by atoms with Crippen molar-refractivity contribution in [3.63, 3.8) is 0 Å². The normalized spacial score (nSPS) is 17.3. The molecule has 1 N–H and O–H groups in total. The van der Waals surface area contributed by atoms with Gasteiger partial charge in [0.05, 0.1) is 12.2 Å². The first-order valence-electron chi connectivity index (χ1n) is 8.69. The van der Waals surface area contributed by atoms with Crippen LogP contribution in [0.25, 0.3) is 0 Å². The summed E-state index contributed by atoms with van der Waals surface area (Å²) in [4.78, 5) is 41.2. The van der Waals surface area contributed by atoms with Gasteiger partial charge in [0.2, 0.25) is 0 Å². The third kappa shape index (κ3) is 4.21. The number of hydrogen-bond acceptors (Lipinski definition) is 5. The first-order valence-corrected chi connectivity index (χ1v) is 8.69. The van der Waals surface area contributed by atoms with Crippen molar-refractivity contribution in [2.45, 2.75) is 53.0 Å². The molecule has 1 atom stereocenters. The first-order chi connectivity index (χ1) is 11.9. The predicted molar refractivity (Wildman–Crippen MR) is 91.5 cm³/mol. The lowest BCUT2D eigenvalue weighted by molar-refractivity contribution is -0.137. The Kier molecular flexibility index (Phi) is 6.22. The summed E-state index contributed by atoms with van der Waals surface area (Å²) in [7, 11) is 0. The van der Waals surface area contributed by atoms with Gasteiger partial charge in [-0.3, -0.25) is 4.79 Å². The van der Waals surface area contributed by atoms with Crippen LogP contribution in [-0.2, 0) is 14.3 Å². The van der Waals surface area contributed by atoms with E-state index in [1.54, 1.807) is 25.7 Å². The fourth-order valence-corrected chi connectivity index (χ4v) is 3.21. The summed E-state index contributed by atoms with van der Waals surface area (Å²) in [6.07, 6.45) is 3.06. The van der Waals surface area contributed by atoms with E-state index >= 15 is 0 Å². The molecule has 0 spiro atoms. The number of rotatable bonds is 5. The highest BCUT2D eigenvalue weighted by atomic mass is 16.5. The summed E-state index contributed by atoms with van der Waals surface area (Å²) >= 11 is 0. The molecule has 7 heteroatoms. The number of nitrogens with zero attached hydrogens (tertiary/aromatic N) is 1. The van der Waals surface area contributed by atoms with Crippen LogP contribution in [0.3, 0.4) is 0 Å². The van der Waals surface area contributed by atoms with Gasteiger partial charge in [-0.1, -0.05) is 0 Å². The molecule has 25 heavy (non-hydrogen) atoms. The van der Waals surface area contributed by atoms with E-state index in [-0.39, 0.29) is 30.9 Å². The topological polar surface area (TPSA) is 88.7 Å². The Morgan fingerprint density at radius 3 is 2.52 bits per heavy atom. The molecule has 0 bridgehead atoms. The summed E-state index contributed by atoms with van der Waals surface area (Å²) in [6.45, 7) is 7.73. The quantitative estimate of drug-likeness (QED) is 0.824. The lowest BCUT2D eigenvalue weighted by Crippen LogP contribution is -2.44. The fraction of sp³-hybridized carbons (Fsp3) is 0.611. The minimum Gasteiger partial charge on any atom is -0.462 e. The number of piperidine rings is 1. The molecule has 0 saturated carbocycles. The van der Waals surface area contributed by atoms with Gasteiger partial charge in [0.25, 0.3) is 5.91 Å². The predicted octanol–water partition coefficient (Wildman–Crippen LogP) is 2.37. The van der Waals surface area contributed by atoms with E-state index in [4.69, 9.17) is 9.47 Å². The Morgan fingerprint density at radius 1 is 1.16 bits per heavy atom. The summed E-state index contributed by atoms with van der Waals surface area (Å²) < 4.78 is 10.2. The van der Waals surface area contributed by atoms with Crippen molar-refractivity contribution < 1.29 is 23.9 Å². The summed E-state index contributed by atoms with van der Waals surface area (Å²) in [6, 6.07) is 0.171. The molecule has 0 aromatic carbocycles. The Bertz CT molecular complexity index is 665. The zero-order chi connectivity index (χ0) is 18.6. The molecule has 0 unspecified atom stereocenters. The van der Waals surface area contributed by atoms with Gasteiger partial charge >= 0.3 is 11.9 Å². The van der Waals surface area contributed by atoms with Crippen LogP contribution in [-0.4, -0.2) is 53.5 Å². The highest BCUT2D eigenvalue weighted by Crippen LogP contribution is 2.20. The van der Waals surface area contributed by atoms with E-state index in [2.05, 4.69) is 4.98 Å². The number of aromatic nitrogens is 1. The van der Waals surface area contributed by atoms with Crippen molar-refractivity contribution in [2.75, 3.05) is 19.8 Å². The van der Waals surface area contributed by atoms with Crippen LogP contribution in [0.1, 0.15) is 65.2 Å². The van der Waals surface area contributed by atoms with Crippen molar-refractivity contribution in [3.05, 3.63) is 22.5 Å².